The van der Waals surface area contributed by atoms with Gasteiger partial charge < -0.3 is 14.8 Å². The number of oxazole rings is 1. The van der Waals surface area contributed by atoms with Crippen molar-refractivity contribution in [3.8, 4) is 11.3 Å². The number of aliphatic carboxylic acids is 1. The first-order chi connectivity index (χ1) is 13.1. The lowest BCUT2D eigenvalue weighted by atomic mass is 10.2. The lowest BCUT2D eigenvalue weighted by molar-refractivity contribution is -0.138. The zero-order valence-electron chi connectivity index (χ0n) is 14.5. The summed E-state index contributed by atoms with van der Waals surface area (Å²) in [6.07, 6.45) is 4.67. The molecule has 0 atom stereocenters. The Morgan fingerprint density at radius 3 is 2.81 bits per heavy atom. The molecule has 0 saturated carbocycles. The molecular weight excluding hydrogens is 350 g/mol. The normalized spacial score (nSPS) is 10.7. The summed E-state index contributed by atoms with van der Waals surface area (Å²) in [5, 5.41) is 18.9. The van der Waals surface area contributed by atoms with Gasteiger partial charge in [-0.25, -0.2) is 9.67 Å². The van der Waals surface area contributed by atoms with Crippen LogP contribution in [-0.2, 0) is 29.1 Å². The number of carbonyl (C=O) groups is 2. The van der Waals surface area contributed by atoms with Crippen LogP contribution in [0.2, 0.25) is 0 Å². The van der Waals surface area contributed by atoms with Crippen molar-refractivity contribution >= 4 is 11.9 Å². The van der Waals surface area contributed by atoms with Crippen molar-refractivity contribution in [3.63, 3.8) is 0 Å². The van der Waals surface area contributed by atoms with Gasteiger partial charge >= 0.3 is 5.97 Å². The van der Waals surface area contributed by atoms with E-state index in [0.29, 0.717) is 36.6 Å². The van der Waals surface area contributed by atoms with Gasteiger partial charge in [0.2, 0.25) is 5.91 Å². The highest BCUT2D eigenvalue weighted by Gasteiger charge is 2.09. The molecule has 1 amide bonds. The highest BCUT2D eigenvalue weighted by atomic mass is 16.4. The van der Waals surface area contributed by atoms with Gasteiger partial charge in [0.05, 0.1) is 18.9 Å². The third-order valence-corrected chi connectivity index (χ3v) is 3.76. The van der Waals surface area contributed by atoms with Gasteiger partial charge in [-0.1, -0.05) is 35.5 Å². The minimum Gasteiger partial charge on any atom is -0.480 e. The summed E-state index contributed by atoms with van der Waals surface area (Å²) in [6, 6.07) is 9.70. The van der Waals surface area contributed by atoms with Crippen LogP contribution < -0.4 is 5.32 Å². The summed E-state index contributed by atoms with van der Waals surface area (Å²) in [4.78, 5) is 26.7. The molecule has 0 aliphatic rings. The number of amides is 1. The Bertz CT molecular complexity index is 903. The van der Waals surface area contributed by atoms with Gasteiger partial charge in [-0.05, 0) is 6.42 Å². The van der Waals surface area contributed by atoms with Gasteiger partial charge in [-0.3, -0.25) is 9.59 Å². The van der Waals surface area contributed by atoms with E-state index >= 15 is 0 Å². The topological polar surface area (TPSA) is 123 Å². The molecule has 27 heavy (non-hydrogen) atoms. The molecule has 140 valence electrons. The van der Waals surface area contributed by atoms with E-state index in [0.717, 1.165) is 5.56 Å². The predicted molar refractivity (Wildman–Crippen MR) is 94.4 cm³/mol. The number of aromatic nitrogens is 4. The van der Waals surface area contributed by atoms with E-state index in [1.807, 2.05) is 30.3 Å². The van der Waals surface area contributed by atoms with E-state index in [4.69, 9.17) is 9.52 Å². The molecule has 0 radical (unpaired) electrons. The Labute approximate surface area is 155 Å². The fourth-order valence-electron chi connectivity index (χ4n) is 2.47. The molecule has 2 heterocycles. The number of rotatable bonds is 9. The number of benzene rings is 1. The van der Waals surface area contributed by atoms with Gasteiger partial charge in [-0.2, -0.15) is 0 Å². The van der Waals surface area contributed by atoms with Crippen molar-refractivity contribution in [1.82, 2.24) is 25.3 Å². The summed E-state index contributed by atoms with van der Waals surface area (Å²) in [5.41, 5.74) is 1.47. The van der Waals surface area contributed by atoms with Gasteiger partial charge in [0.1, 0.15) is 12.2 Å². The van der Waals surface area contributed by atoms with E-state index in [9.17, 15) is 9.59 Å². The second-order valence-corrected chi connectivity index (χ2v) is 5.92. The minimum atomic E-state index is -1.00. The van der Waals surface area contributed by atoms with Crippen LogP contribution in [0.4, 0.5) is 0 Å². The number of nitrogens with zero attached hydrogens (tertiary/aromatic N) is 4. The molecule has 0 aliphatic heterocycles. The fourth-order valence-corrected chi connectivity index (χ4v) is 2.47. The molecule has 2 aromatic heterocycles. The lowest BCUT2D eigenvalue weighted by Gasteiger charge is -2.02. The van der Waals surface area contributed by atoms with Crippen LogP contribution in [0, 0.1) is 0 Å². The van der Waals surface area contributed by atoms with Crippen molar-refractivity contribution in [1.29, 1.82) is 0 Å². The van der Waals surface area contributed by atoms with Gasteiger partial charge in [0.15, 0.2) is 11.7 Å². The van der Waals surface area contributed by atoms with Crippen molar-refractivity contribution in [2.75, 3.05) is 0 Å². The predicted octanol–water partition coefficient (Wildman–Crippen LogP) is 1.66. The molecule has 0 spiro atoms. The van der Waals surface area contributed by atoms with E-state index < -0.39 is 5.97 Å². The summed E-state index contributed by atoms with van der Waals surface area (Å²) in [6.45, 7) is -0.0579. The average molecular weight is 369 g/mol. The summed E-state index contributed by atoms with van der Waals surface area (Å²) in [5.74, 6) is 0.174. The Morgan fingerprint density at radius 1 is 1.22 bits per heavy atom. The molecule has 0 fully saturated rings. The van der Waals surface area contributed by atoms with Crippen molar-refractivity contribution in [2.24, 2.45) is 0 Å². The highest BCUT2D eigenvalue weighted by Crippen LogP contribution is 2.20. The first kappa shape index (κ1) is 18.3. The largest absolute Gasteiger partial charge is 0.480 e. The maximum Gasteiger partial charge on any atom is 0.325 e. The standard InChI is InChI=1S/C18H19N5O4/c24-16(19-9-14-11-23(22-21-14)12-18(25)26)7-4-8-17-20-10-15(27-17)13-5-2-1-3-6-13/h1-3,5-6,10-11H,4,7-9,12H2,(H,19,24)(H,25,26). The molecular formula is C18H19N5O4. The molecule has 1 aromatic carbocycles. The second kappa shape index (κ2) is 8.75. The summed E-state index contributed by atoms with van der Waals surface area (Å²) < 4.78 is 6.91. The highest BCUT2D eigenvalue weighted by molar-refractivity contribution is 5.75. The van der Waals surface area contributed by atoms with E-state index in [1.54, 1.807) is 6.20 Å². The van der Waals surface area contributed by atoms with Crippen molar-refractivity contribution < 1.29 is 19.1 Å². The van der Waals surface area contributed by atoms with Crippen LogP contribution in [-0.4, -0.2) is 37.0 Å². The average Bonchev–Trinajstić information content (AvgIpc) is 3.30. The van der Waals surface area contributed by atoms with Crippen molar-refractivity contribution in [3.05, 3.63) is 54.3 Å². The monoisotopic (exact) mass is 369 g/mol. The number of carboxylic acids is 1. The summed E-state index contributed by atoms with van der Waals surface area (Å²) in [7, 11) is 0. The third-order valence-electron chi connectivity index (χ3n) is 3.76. The SMILES string of the molecule is O=C(O)Cn1cc(CNC(=O)CCCc2ncc(-c3ccccc3)o2)nn1. The van der Waals surface area contributed by atoms with Crippen LogP contribution >= 0.6 is 0 Å². The van der Waals surface area contributed by atoms with Crippen LogP contribution in [0.1, 0.15) is 24.4 Å². The maximum atomic E-state index is 11.9. The van der Waals surface area contributed by atoms with E-state index in [-0.39, 0.29) is 19.0 Å². The molecule has 9 heteroatoms. The quantitative estimate of drug-likeness (QED) is 0.588. The first-order valence-corrected chi connectivity index (χ1v) is 8.48. The third kappa shape index (κ3) is 5.50. The molecule has 0 aliphatic carbocycles. The van der Waals surface area contributed by atoms with Gasteiger partial charge in [0, 0.05) is 18.4 Å². The Morgan fingerprint density at radius 2 is 2.04 bits per heavy atom. The Hall–Kier alpha value is -3.49. The molecule has 0 unspecified atom stereocenters. The molecule has 2 N–H and O–H groups in total. The maximum absolute atomic E-state index is 11.9. The second-order valence-electron chi connectivity index (χ2n) is 5.92. The summed E-state index contributed by atoms with van der Waals surface area (Å²) >= 11 is 0. The Balaban J connectivity index is 1.39. The van der Waals surface area contributed by atoms with Crippen LogP contribution in [0.15, 0.2) is 47.1 Å². The first-order valence-electron chi connectivity index (χ1n) is 8.48. The van der Waals surface area contributed by atoms with Crippen LogP contribution in [0.25, 0.3) is 11.3 Å². The number of aryl methyl sites for hydroxylation is 1. The van der Waals surface area contributed by atoms with E-state index in [2.05, 4.69) is 20.6 Å². The molecule has 9 nitrogen and oxygen atoms in total. The Kier molecular flexibility index (Phi) is 5.93. The van der Waals surface area contributed by atoms with Crippen LogP contribution in [0.5, 0.6) is 0 Å². The van der Waals surface area contributed by atoms with Crippen molar-refractivity contribution in [2.45, 2.75) is 32.4 Å². The number of nitrogens with one attached hydrogen (secondary N) is 1. The van der Waals surface area contributed by atoms with E-state index in [1.165, 1.54) is 10.9 Å². The minimum absolute atomic E-state index is 0.127. The molecule has 3 aromatic rings. The lowest BCUT2D eigenvalue weighted by Crippen LogP contribution is -2.22. The number of hydrogen-bond donors (Lipinski definition) is 2. The molecule has 0 saturated heterocycles. The zero-order valence-corrected chi connectivity index (χ0v) is 14.5. The molecule has 3 rings (SSSR count). The van der Waals surface area contributed by atoms with Gasteiger partial charge in [0.25, 0.3) is 0 Å². The molecule has 0 bridgehead atoms. The number of carbonyl (C=O) groups excluding carboxylic acids is 1. The number of hydrogen-bond acceptors (Lipinski definition) is 6. The van der Waals surface area contributed by atoms with Crippen LogP contribution in [0.3, 0.4) is 0 Å². The smallest absolute Gasteiger partial charge is 0.325 e. The zero-order chi connectivity index (χ0) is 19.1. The number of carboxylic acid groups (broad SMARTS) is 1. The fraction of sp³-hybridized carbons (Fsp3) is 0.278. The van der Waals surface area contributed by atoms with Gasteiger partial charge in [-0.15, -0.1) is 5.10 Å².